The Kier molecular flexibility index (Phi) is 8.26. The van der Waals surface area contributed by atoms with E-state index in [4.69, 9.17) is 18.3 Å². The molecule has 0 bridgehead atoms. The lowest BCUT2D eigenvalue weighted by Gasteiger charge is -2.35. The van der Waals surface area contributed by atoms with E-state index in [-0.39, 0.29) is 11.9 Å². The van der Waals surface area contributed by atoms with Crippen LogP contribution in [0, 0.1) is 16.7 Å². The zero-order valence-corrected chi connectivity index (χ0v) is 23.1. The Labute approximate surface area is 191 Å². The second-order valence-electron chi connectivity index (χ2n) is 12.0. The second-order valence-corrected chi connectivity index (χ2v) is 20.9. The first-order chi connectivity index (χ1) is 14.1. The molecule has 31 heavy (non-hydrogen) atoms. The standard InChI is InChI=1S/C23H44O6Si2/c1-10-23(4,21(25)26-14-17-11-12-18-19(13-17)28-18)15-22(2,3)20(24)27-16-31(8,9)29-30(5,6)7/h17-19H,10-16H2,1-9H3. The van der Waals surface area contributed by atoms with Gasteiger partial charge in [-0.3, -0.25) is 9.59 Å². The molecule has 0 aromatic heterocycles. The normalized spacial score (nSPS) is 25.9. The van der Waals surface area contributed by atoms with Crippen LogP contribution in [0.15, 0.2) is 0 Å². The highest BCUT2D eigenvalue weighted by atomic mass is 28.4. The highest BCUT2D eigenvalue weighted by Gasteiger charge is 2.46. The number of epoxide rings is 1. The van der Waals surface area contributed by atoms with Gasteiger partial charge in [0.1, 0.15) is 6.23 Å². The minimum Gasteiger partial charge on any atom is -0.466 e. The van der Waals surface area contributed by atoms with Crippen LogP contribution in [0.3, 0.4) is 0 Å². The zero-order valence-electron chi connectivity index (χ0n) is 21.1. The molecular weight excluding hydrogens is 428 g/mol. The van der Waals surface area contributed by atoms with Crippen molar-refractivity contribution in [3.8, 4) is 0 Å². The molecule has 1 saturated heterocycles. The Morgan fingerprint density at radius 2 is 1.61 bits per heavy atom. The molecule has 0 spiro atoms. The number of hydrogen-bond donors (Lipinski definition) is 0. The fraction of sp³-hybridized carbons (Fsp3) is 0.913. The molecule has 0 amide bonds. The maximum absolute atomic E-state index is 13.0. The van der Waals surface area contributed by atoms with Gasteiger partial charge in [0.25, 0.3) is 0 Å². The first-order valence-electron chi connectivity index (χ1n) is 11.8. The molecule has 2 fully saturated rings. The Balaban J connectivity index is 1.89. The van der Waals surface area contributed by atoms with Gasteiger partial charge in [0.05, 0.1) is 29.6 Å². The van der Waals surface area contributed by atoms with Gasteiger partial charge in [-0.25, -0.2) is 0 Å². The number of carbonyl (C=O) groups excluding carboxylic acids is 2. The third kappa shape index (κ3) is 7.98. The predicted molar refractivity (Wildman–Crippen MR) is 127 cm³/mol. The topological polar surface area (TPSA) is 74.4 Å². The van der Waals surface area contributed by atoms with Crippen molar-refractivity contribution in [1.29, 1.82) is 0 Å². The van der Waals surface area contributed by atoms with Crippen molar-refractivity contribution in [3.05, 3.63) is 0 Å². The van der Waals surface area contributed by atoms with Crippen molar-refractivity contribution >= 4 is 28.6 Å². The lowest BCUT2D eigenvalue weighted by Crippen LogP contribution is -2.47. The van der Waals surface area contributed by atoms with E-state index in [1.54, 1.807) is 0 Å². The lowest BCUT2D eigenvalue weighted by atomic mass is 9.72. The summed E-state index contributed by atoms with van der Waals surface area (Å²) in [5.74, 6) is -0.110. The summed E-state index contributed by atoms with van der Waals surface area (Å²) in [5, 5.41) is 0. The number of ether oxygens (including phenoxy) is 3. The van der Waals surface area contributed by atoms with Crippen LogP contribution >= 0.6 is 0 Å². The average molecular weight is 473 g/mol. The molecule has 180 valence electrons. The Hall–Kier alpha value is -0.706. The summed E-state index contributed by atoms with van der Waals surface area (Å²) in [7, 11) is -3.78. The van der Waals surface area contributed by atoms with Crippen molar-refractivity contribution in [2.75, 3.05) is 12.8 Å². The molecule has 1 heterocycles. The van der Waals surface area contributed by atoms with Gasteiger partial charge in [-0.15, -0.1) is 0 Å². The third-order valence-electron chi connectivity index (χ3n) is 6.35. The van der Waals surface area contributed by atoms with Crippen LogP contribution in [0.2, 0.25) is 32.7 Å². The van der Waals surface area contributed by atoms with E-state index in [1.165, 1.54) is 0 Å². The van der Waals surface area contributed by atoms with Crippen LogP contribution in [0.1, 0.15) is 59.8 Å². The van der Waals surface area contributed by atoms with Crippen LogP contribution in [0.4, 0.5) is 0 Å². The Bertz CT molecular complexity index is 657. The van der Waals surface area contributed by atoms with Crippen molar-refractivity contribution in [2.45, 2.75) is 105 Å². The summed E-state index contributed by atoms with van der Waals surface area (Å²) in [4.78, 5) is 25.9. The molecule has 0 aromatic carbocycles. The lowest BCUT2D eigenvalue weighted by molar-refractivity contribution is -0.163. The number of esters is 2. The minimum atomic E-state index is -2.09. The smallest absolute Gasteiger partial charge is 0.311 e. The van der Waals surface area contributed by atoms with Crippen LogP contribution in [-0.4, -0.2) is 53.6 Å². The number of carbonyl (C=O) groups is 2. The average Bonchev–Trinajstić information content (AvgIpc) is 3.40. The highest BCUT2D eigenvalue weighted by molar-refractivity contribution is 6.84. The molecule has 0 radical (unpaired) electrons. The summed E-state index contributed by atoms with van der Waals surface area (Å²) in [6.45, 7) is 18.6. The van der Waals surface area contributed by atoms with Crippen molar-refractivity contribution in [3.63, 3.8) is 0 Å². The van der Waals surface area contributed by atoms with Gasteiger partial charge in [0.15, 0.2) is 8.32 Å². The third-order valence-corrected chi connectivity index (χ3v) is 11.9. The van der Waals surface area contributed by atoms with Crippen LogP contribution in [0.5, 0.6) is 0 Å². The van der Waals surface area contributed by atoms with Gasteiger partial charge < -0.3 is 18.3 Å². The van der Waals surface area contributed by atoms with Gasteiger partial charge in [-0.05, 0) is 91.5 Å². The maximum Gasteiger partial charge on any atom is 0.311 e. The highest BCUT2D eigenvalue weighted by Crippen LogP contribution is 2.41. The zero-order chi connectivity index (χ0) is 23.7. The van der Waals surface area contributed by atoms with Crippen LogP contribution in [-0.2, 0) is 27.9 Å². The van der Waals surface area contributed by atoms with E-state index in [1.807, 2.05) is 27.7 Å². The Morgan fingerprint density at radius 3 is 2.16 bits per heavy atom. The number of hydrogen-bond acceptors (Lipinski definition) is 6. The SMILES string of the molecule is CCC(C)(CC(C)(C)C(=O)OC[Si](C)(C)O[Si](C)(C)C)C(=O)OCC1CCC2OC2C1. The molecule has 2 aliphatic rings. The van der Waals surface area contributed by atoms with E-state index < -0.39 is 27.5 Å². The second kappa shape index (κ2) is 9.65. The first-order valence-corrected chi connectivity index (χ1v) is 18.3. The molecule has 0 aromatic rings. The fourth-order valence-electron chi connectivity index (χ4n) is 4.69. The molecule has 6 nitrogen and oxygen atoms in total. The van der Waals surface area contributed by atoms with Gasteiger partial charge >= 0.3 is 11.9 Å². The molecule has 2 rings (SSSR count). The molecule has 1 aliphatic heterocycles. The molecule has 4 unspecified atom stereocenters. The van der Waals surface area contributed by atoms with Crippen molar-refractivity contribution in [2.24, 2.45) is 16.7 Å². The van der Waals surface area contributed by atoms with Crippen molar-refractivity contribution in [1.82, 2.24) is 0 Å². The quantitative estimate of drug-likeness (QED) is 0.237. The first kappa shape index (κ1) is 26.5. The largest absolute Gasteiger partial charge is 0.466 e. The van der Waals surface area contributed by atoms with Crippen LogP contribution < -0.4 is 0 Å². The van der Waals surface area contributed by atoms with Gasteiger partial charge in [-0.1, -0.05) is 6.92 Å². The summed E-state index contributed by atoms with van der Waals surface area (Å²) >= 11 is 0. The molecular formula is C23H44O6Si2. The van der Waals surface area contributed by atoms with E-state index in [2.05, 4.69) is 32.7 Å². The minimum absolute atomic E-state index is 0.216. The number of rotatable bonds is 11. The Morgan fingerprint density at radius 1 is 0.968 bits per heavy atom. The monoisotopic (exact) mass is 472 g/mol. The molecule has 8 heteroatoms. The summed E-state index contributed by atoms with van der Waals surface area (Å²) < 4.78 is 23.3. The van der Waals surface area contributed by atoms with E-state index in [0.717, 1.165) is 19.3 Å². The summed E-state index contributed by atoms with van der Waals surface area (Å²) in [6, 6.07) is 0. The summed E-state index contributed by atoms with van der Waals surface area (Å²) in [5.41, 5.74) is -1.51. The van der Waals surface area contributed by atoms with Gasteiger partial charge in [0, 0.05) is 0 Å². The van der Waals surface area contributed by atoms with Crippen LogP contribution in [0.25, 0.3) is 0 Å². The molecule has 1 aliphatic carbocycles. The van der Waals surface area contributed by atoms with Gasteiger partial charge in [-0.2, -0.15) is 0 Å². The summed E-state index contributed by atoms with van der Waals surface area (Å²) in [6.07, 6.45) is 5.26. The van der Waals surface area contributed by atoms with E-state index in [0.29, 0.717) is 43.8 Å². The predicted octanol–water partition coefficient (Wildman–Crippen LogP) is 5.07. The van der Waals surface area contributed by atoms with Crippen molar-refractivity contribution < 1.29 is 27.9 Å². The van der Waals surface area contributed by atoms with E-state index in [9.17, 15) is 9.59 Å². The van der Waals surface area contributed by atoms with E-state index >= 15 is 0 Å². The molecule has 1 saturated carbocycles. The molecule has 4 atom stereocenters. The molecule has 0 N–H and O–H groups in total. The number of fused-ring (bicyclic) bond motifs is 1. The fourth-order valence-corrected chi connectivity index (χ4v) is 12.0. The van der Waals surface area contributed by atoms with Gasteiger partial charge in [0.2, 0.25) is 8.32 Å². The maximum atomic E-state index is 13.0.